The molecule has 3 aliphatic rings. The molecule has 0 unspecified atom stereocenters. The standard InChI is InChI=1S/C44H55Cl2F2N7O8.CH2O2/c1-43(2,3)62-35(56)25-55(24-27-22-54(23-27)42(60)63-44(4,5)6)18-12-28(13-19-55)40(58)52-14-16-53(17-15-52)41(59)30-9-8-29(20-32(30)45)50-39(57)38-49-21-33(51(38)7)31-10-11-34(61-26-47)37(48)36(31)46;2-1-3/h8-11,20-21,27-28H,12-19,22-26H2,1-7H3;1H,(H,2,3). The number of imidazole rings is 1. The van der Waals surface area contributed by atoms with Crippen LogP contribution in [0.3, 0.4) is 0 Å². The van der Waals surface area contributed by atoms with Gasteiger partial charge >= 0.3 is 12.1 Å². The van der Waals surface area contributed by atoms with Crippen molar-refractivity contribution in [2.45, 2.75) is 65.6 Å². The van der Waals surface area contributed by atoms with Crippen molar-refractivity contribution in [3.05, 3.63) is 63.8 Å². The number of hydrogen-bond donors (Lipinski definition) is 1. The van der Waals surface area contributed by atoms with Crippen molar-refractivity contribution in [2.75, 3.05) is 77.6 Å². The van der Waals surface area contributed by atoms with Crippen LogP contribution in [0, 0.1) is 17.7 Å². The number of esters is 1. The van der Waals surface area contributed by atoms with Gasteiger partial charge in [0.2, 0.25) is 12.8 Å². The number of hydrogen-bond acceptors (Lipinski definition) is 11. The van der Waals surface area contributed by atoms with E-state index in [0.29, 0.717) is 87.6 Å². The quantitative estimate of drug-likeness (QED) is 0.151. The lowest BCUT2D eigenvalue weighted by Crippen LogP contribution is -2.64. The molecular weight excluding hydrogens is 907 g/mol. The number of halogens is 4. The first-order chi connectivity index (χ1) is 31.0. The predicted molar refractivity (Wildman–Crippen MR) is 238 cm³/mol. The van der Waals surface area contributed by atoms with Gasteiger partial charge in [0.25, 0.3) is 11.8 Å². The molecule has 3 fully saturated rings. The van der Waals surface area contributed by atoms with Crippen LogP contribution in [0.5, 0.6) is 5.75 Å². The fraction of sp³-hybridized carbons (Fsp3) is 0.533. The van der Waals surface area contributed by atoms with Crippen LogP contribution < -0.4 is 15.2 Å². The highest BCUT2D eigenvalue weighted by molar-refractivity contribution is 6.34. The average molecular weight is 965 g/mol. The molecule has 3 aromatic rings. The van der Waals surface area contributed by atoms with Gasteiger partial charge in [-0.05, 0) is 71.9 Å². The van der Waals surface area contributed by atoms with Crippen molar-refractivity contribution in [1.82, 2.24) is 24.3 Å². The van der Waals surface area contributed by atoms with Crippen LogP contribution in [0.1, 0.15) is 75.4 Å². The van der Waals surface area contributed by atoms with Gasteiger partial charge in [0.15, 0.2) is 23.9 Å². The van der Waals surface area contributed by atoms with Gasteiger partial charge in [-0.25, -0.2) is 23.4 Å². The Morgan fingerprint density at radius 2 is 1.53 bits per heavy atom. The minimum Gasteiger partial charge on any atom is -0.554 e. The van der Waals surface area contributed by atoms with Crippen LogP contribution in [0.25, 0.3) is 11.3 Å². The number of ether oxygens (including phenoxy) is 3. The summed E-state index contributed by atoms with van der Waals surface area (Å²) in [5, 5.41) is 10.8. The van der Waals surface area contributed by atoms with Gasteiger partial charge in [-0.15, -0.1) is 0 Å². The topological polar surface area (TPSA) is 193 Å². The number of piperidine rings is 1. The highest BCUT2D eigenvalue weighted by Crippen LogP contribution is 2.36. The second-order valence-electron chi connectivity index (χ2n) is 18.6. The maximum Gasteiger partial charge on any atom is 0.410 e. The van der Waals surface area contributed by atoms with E-state index in [9.17, 15) is 32.8 Å². The van der Waals surface area contributed by atoms with E-state index in [2.05, 4.69) is 15.0 Å². The van der Waals surface area contributed by atoms with E-state index in [1.807, 2.05) is 41.5 Å². The van der Waals surface area contributed by atoms with E-state index in [0.717, 1.165) is 0 Å². The molecule has 66 heavy (non-hydrogen) atoms. The molecule has 21 heteroatoms. The molecule has 2 aromatic carbocycles. The zero-order chi connectivity index (χ0) is 48.7. The monoisotopic (exact) mass is 963 g/mol. The minimum atomic E-state index is -1.23. The third-order valence-electron chi connectivity index (χ3n) is 11.5. The van der Waals surface area contributed by atoms with E-state index in [4.69, 9.17) is 42.6 Å². The van der Waals surface area contributed by atoms with Crippen molar-refractivity contribution in [3.8, 4) is 17.0 Å². The van der Waals surface area contributed by atoms with E-state index >= 15 is 0 Å². The lowest BCUT2D eigenvalue weighted by atomic mass is 9.90. The number of likely N-dealkylation sites (tertiary alicyclic amines) is 2. The maximum atomic E-state index is 14.6. The number of nitrogens with zero attached hydrogens (tertiary/aromatic N) is 6. The number of carboxylic acid groups (broad SMARTS) is 1. The largest absolute Gasteiger partial charge is 0.554 e. The molecular formula is C45H57Cl2F2N7O10. The molecule has 0 radical (unpaired) electrons. The van der Waals surface area contributed by atoms with Crippen molar-refractivity contribution >= 4 is 65.1 Å². The molecule has 3 aliphatic heterocycles. The van der Waals surface area contributed by atoms with Gasteiger partial charge in [0.05, 0.1) is 47.1 Å². The summed E-state index contributed by atoms with van der Waals surface area (Å²) >= 11 is 12.8. The van der Waals surface area contributed by atoms with Crippen molar-refractivity contribution in [3.63, 3.8) is 0 Å². The first kappa shape index (κ1) is 51.5. The number of nitrogens with one attached hydrogen (secondary N) is 1. The van der Waals surface area contributed by atoms with Crippen LogP contribution in [0.2, 0.25) is 10.0 Å². The Morgan fingerprint density at radius 1 is 0.924 bits per heavy atom. The number of amides is 4. The summed E-state index contributed by atoms with van der Waals surface area (Å²) in [6.45, 7) is 13.9. The molecule has 4 amide bonds. The van der Waals surface area contributed by atoms with Crippen LogP contribution in [-0.4, -0.2) is 149 Å². The molecule has 1 N–H and O–H groups in total. The van der Waals surface area contributed by atoms with Crippen molar-refractivity contribution < 1.29 is 61.3 Å². The number of carbonyl (C=O) groups excluding carboxylic acids is 6. The van der Waals surface area contributed by atoms with Gasteiger partial charge in [-0.2, -0.15) is 0 Å². The number of benzene rings is 2. The minimum absolute atomic E-state index is 0.0245. The molecule has 0 spiro atoms. The van der Waals surface area contributed by atoms with Gasteiger partial charge < -0.3 is 53.2 Å². The molecule has 1 aromatic heterocycles. The lowest BCUT2D eigenvalue weighted by molar-refractivity contribution is -0.930. The molecule has 4 heterocycles. The lowest BCUT2D eigenvalue weighted by Gasteiger charge is -2.49. The fourth-order valence-corrected chi connectivity index (χ4v) is 8.92. The first-order valence-electron chi connectivity index (χ1n) is 21.5. The predicted octanol–water partition coefficient (Wildman–Crippen LogP) is 5.18. The average Bonchev–Trinajstić information content (AvgIpc) is 3.60. The zero-order valence-electron chi connectivity index (χ0n) is 38.2. The van der Waals surface area contributed by atoms with Gasteiger partial charge in [0.1, 0.15) is 11.2 Å². The summed E-state index contributed by atoms with van der Waals surface area (Å²) in [7, 11) is 1.55. The van der Waals surface area contributed by atoms with E-state index in [-0.39, 0.29) is 75.0 Å². The van der Waals surface area contributed by atoms with Gasteiger partial charge in [-0.1, -0.05) is 23.2 Å². The van der Waals surface area contributed by atoms with Crippen LogP contribution in [0.15, 0.2) is 36.5 Å². The van der Waals surface area contributed by atoms with E-state index < -0.39 is 36.3 Å². The Morgan fingerprint density at radius 3 is 2.11 bits per heavy atom. The van der Waals surface area contributed by atoms with E-state index in [1.165, 1.54) is 35.0 Å². The Balaban J connectivity index is 0.00000265. The second-order valence-corrected chi connectivity index (χ2v) is 19.4. The maximum absolute atomic E-state index is 14.6. The van der Waals surface area contributed by atoms with E-state index in [1.54, 1.807) is 27.8 Å². The molecule has 360 valence electrons. The Labute approximate surface area is 392 Å². The summed E-state index contributed by atoms with van der Waals surface area (Å²) < 4.78 is 45.0. The number of aromatic nitrogens is 2. The Bertz CT molecular complexity index is 2280. The number of carbonyl (C=O) groups is 6. The number of rotatable bonds is 11. The molecule has 0 bridgehead atoms. The SMILES string of the molecule is Cn1c(-c2ccc(OCF)c(F)c2Cl)cnc1C(=O)Nc1ccc(C(=O)N2CCN(C(=O)C3CC[N+](CC(=O)OC(C)(C)C)(CC4CN(C(=O)OC(C)(C)C)C4)CC3)CC2)c(Cl)c1.O=C[O-]. The summed E-state index contributed by atoms with van der Waals surface area (Å²) in [5.74, 6) is -2.52. The molecule has 3 saturated heterocycles. The van der Waals surface area contributed by atoms with Gasteiger partial charge in [0, 0.05) is 88.7 Å². The highest BCUT2D eigenvalue weighted by Gasteiger charge is 2.45. The van der Waals surface area contributed by atoms with Gasteiger partial charge in [-0.3, -0.25) is 14.4 Å². The highest BCUT2D eigenvalue weighted by atomic mass is 35.5. The smallest absolute Gasteiger partial charge is 0.410 e. The molecule has 17 nitrogen and oxygen atoms in total. The fourth-order valence-electron chi connectivity index (χ4n) is 8.41. The zero-order valence-corrected chi connectivity index (χ0v) is 39.7. The second kappa shape index (κ2) is 21.4. The van der Waals surface area contributed by atoms with Crippen LogP contribution >= 0.6 is 23.2 Å². The number of piperazine rings is 1. The number of alkyl halides is 1. The summed E-state index contributed by atoms with van der Waals surface area (Å²) in [4.78, 5) is 84.0. The summed E-state index contributed by atoms with van der Waals surface area (Å²) in [5.41, 5.74) is -0.144. The first-order valence-corrected chi connectivity index (χ1v) is 22.2. The van der Waals surface area contributed by atoms with Crippen molar-refractivity contribution in [1.29, 1.82) is 0 Å². The van der Waals surface area contributed by atoms with Crippen LogP contribution in [0.4, 0.5) is 19.3 Å². The summed E-state index contributed by atoms with van der Waals surface area (Å²) in [6.07, 6.45) is 2.21. The van der Waals surface area contributed by atoms with Crippen LogP contribution in [-0.2, 0) is 30.9 Å². The number of quaternary nitrogens is 1. The molecule has 6 rings (SSSR count). The number of anilines is 1. The Hall–Kier alpha value is -5.53. The summed E-state index contributed by atoms with van der Waals surface area (Å²) in [6, 6.07) is 7.18. The normalized spacial score (nSPS) is 18.9. The third-order valence-corrected chi connectivity index (χ3v) is 12.1. The molecule has 0 saturated carbocycles. The third kappa shape index (κ3) is 12.9. The molecule has 0 aliphatic carbocycles. The Kier molecular flexibility index (Phi) is 16.7. The molecule has 0 atom stereocenters. The van der Waals surface area contributed by atoms with Crippen molar-refractivity contribution in [2.24, 2.45) is 18.9 Å².